The molecule has 5 nitrogen and oxygen atoms in total. The fourth-order valence-electron chi connectivity index (χ4n) is 1.77. The van der Waals surface area contributed by atoms with E-state index >= 15 is 0 Å². The first-order chi connectivity index (χ1) is 9.79. The third-order valence-electron chi connectivity index (χ3n) is 2.85. The van der Waals surface area contributed by atoms with Crippen LogP contribution < -0.4 is 5.56 Å². The van der Waals surface area contributed by atoms with E-state index in [0.29, 0.717) is 5.03 Å². The molecular formula is C15H16N2O3S. The lowest BCUT2D eigenvalue weighted by molar-refractivity contribution is 0.0697. The summed E-state index contributed by atoms with van der Waals surface area (Å²) in [6.45, 7) is 5.85. The Hall–Kier alpha value is -2.08. The van der Waals surface area contributed by atoms with Crippen LogP contribution in [-0.2, 0) is 5.54 Å². The number of carbonyl (C=O) groups is 1. The van der Waals surface area contributed by atoms with Gasteiger partial charge in [-0.3, -0.25) is 4.79 Å². The molecule has 0 unspecified atom stereocenters. The summed E-state index contributed by atoms with van der Waals surface area (Å²) in [6.07, 6.45) is 3.26. The van der Waals surface area contributed by atoms with E-state index in [9.17, 15) is 9.59 Å². The van der Waals surface area contributed by atoms with Crippen LogP contribution in [0.2, 0.25) is 0 Å². The monoisotopic (exact) mass is 304 g/mol. The van der Waals surface area contributed by atoms with E-state index in [1.807, 2.05) is 20.8 Å². The van der Waals surface area contributed by atoms with Crippen molar-refractivity contribution in [2.45, 2.75) is 36.2 Å². The van der Waals surface area contributed by atoms with Crippen LogP contribution in [0.4, 0.5) is 0 Å². The largest absolute Gasteiger partial charge is 0.478 e. The smallest absolute Gasteiger partial charge is 0.335 e. The van der Waals surface area contributed by atoms with Crippen molar-refractivity contribution in [3.05, 3.63) is 52.6 Å². The number of carboxylic acids is 1. The lowest BCUT2D eigenvalue weighted by atomic mass is 10.1. The predicted octanol–water partition coefficient (Wildman–Crippen LogP) is 2.85. The van der Waals surface area contributed by atoms with E-state index in [1.165, 1.54) is 23.9 Å². The molecule has 1 aromatic heterocycles. The molecule has 2 aromatic rings. The van der Waals surface area contributed by atoms with Crippen molar-refractivity contribution in [3.8, 4) is 0 Å². The van der Waals surface area contributed by atoms with Crippen molar-refractivity contribution in [2.24, 2.45) is 0 Å². The molecule has 0 atom stereocenters. The summed E-state index contributed by atoms with van der Waals surface area (Å²) in [5.41, 5.74) is -0.257. The number of rotatable bonds is 3. The average Bonchev–Trinajstić information content (AvgIpc) is 2.40. The Labute approximate surface area is 126 Å². The Balaban J connectivity index is 2.32. The zero-order valence-corrected chi connectivity index (χ0v) is 12.8. The van der Waals surface area contributed by atoms with Crippen molar-refractivity contribution < 1.29 is 9.90 Å². The SMILES string of the molecule is CC(C)(C)n1ccnc(Sc2ccc(C(=O)O)cc2)c1=O. The molecule has 1 aromatic carbocycles. The number of hydrogen-bond donors (Lipinski definition) is 1. The van der Waals surface area contributed by atoms with Gasteiger partial charge < -0.3 is 9.67 Å². The van der Waals surface area contributed by atoms with Crippen LogP contribution in [0.25, 0.3) is 0 Å². The van der Waals surface area contributed by atoms with E-state index in [2.05, 4.69) is 4.98 Å². The number of aromatic carboxylic acids is 1. The summed E-state index contributed by atoms with van der Waals surface area (Å²) in [6, 6.07) is 6.36. The number of benzene rings is 1. The summed E-state index contributed by atoms with van der Waals surface area (Å²) in [5, 5.41) is 9.23. The Kier molecular flexibility index (Phi) is 4.18. The summed E-state index contributed by atoms with van der Waals surface area (Å²) >= 11 is 1.23. The second kappa shape index (κ2) is 5.73. The molecule has 110 valence electrons. The molecule has 1 heterocycles. The molecule has 0 amide bonds. The van der Waals surface area contributed by atoms with Crippen LogP contribution >= 0.6 is 11.8 Å². The van der Waals surface area contributed by atoms with Crippen LogP contribution in [0.5, 0.6) is 0 Å². The number of carboxylic acid groups (broad SMARTS) is 1. The van der Waals surface area contributed by atoms with E-state index in [0.717, 1.165) is 4.90 Å². The van der Waals surface area contributed by atoms with E-state index < -0.39 is 5.97 Å². The predicted molar refractivity (Wildman–Crippen MR) is 81.0 cm³/mol. The maximum atomic E-state index is 12.4. The zero-order chi connectivity index (χ0) is 15.6. The quantitative estimate of drug-likeness (QED) is 0.944. The average molecular weight is 304 g/mol. The molecule has 6 heteroatoms. The van der Waals surface area contributed by atoms with Crippen LogP contribution in [0.1, 0.15) is 31.1 Å². The molecule has 0 bridgehead atoms. The maximum absolute atomic E-state index is 12.4. The highest BCUT2D eigenvalue weighted by Crippen LogP contribution is 2.24. The fourth-order valence-corrected chi connectivity index (χ4v) is 2.56. The molecule has 0 fully saturated rings. The molecule has 0 aliphatic carbocycles. The molecular weight excluding hydrogens is 288 g/mol. The lowest BCUT2D eigenvalue weighted by Crippen LogP contribution is -2.34. The first-order valence-electron chi connectivity index (χ1n) is 6.38. The van der Waals surface area contributed by atoms with Gasteiger partial charge in [0, 0.05) is 22.8 Å². The van der Waals surface area contributed by atoms with Gasteiger partial charge in [-0.1, -0.05) is 11.8 Å². The van der Waals surface area contributed by atoms with E-state index in [4.69, 9.17) is 5.11 Å². The molecule has 0 saturated heterocycles. The standard InChI is InChI=1S/C15H16N2O3S/c1-15(2,3)17-9-8-16-12(13(17)18)21-11-6-4-10(5-7-11)14(19)20/h4-9H,1-3H3,(H,19,20). The highest BCUT2D eigenvalue weighted by Gasteiger charge is 2.17. The van der Waals surface area contributed by atoms with Crippen LogP contribution in [-0.4, -0.2) is 20.6 Å². The van der Waals surface area contributed by atoms with Gasteiger partial charge in [-0.2, -0.15) is 0 Å². The van der Waals surface area contributed by atoms with Gasteiger partial charge in [0.1, 0.15) is 0 Å². The number of nitrogens with zero attached hydrogens (tertiary/aromatic N) is 2. The Bertz CT molecular complexity index is 715. The molecule has 0 radical (unpaired) electrons. The molecule has 2 rings (SSSR count). The summed E-state index contributed by atoms with van der Waals surface area (Å²) in [5.74, 6) is -0.973. The third kappa shape index (κ3) is 3.52. The lowest BCUT2D eigenvalue weighted by Gasteiger charge is -2.22. The first-order valence-corrected chi connectivity index (χ1v) is 7.20. The van der Waals surface area contributed by atoms with Crippen molar-refractivity contribution in [1.82, 2.24) is 9.55 Å². The number of aromatic nitrogens is 2. The van der Waals surface area contributed by atoms with Crippen LogP contribution in [0.3, 0.4) is 0 Å². The zero-order valence-electron chi connectivity index (χ0n) is 12.0. The van der Waals surface area contributed by atoms with Gasteiger partial charge in [0.25, 0.3) is 5.56 Å². The maximum Gasteiger partial charge on any atom is 0.335 e. The molecule has 1 N–H and O–H groups in total. The Morgan fingerprint density at radius 2 is 1.86 bits per heavy atom. The first kappa shape index (κ1) is 15.3. The molecule has 0 spiro atoms. The summed E-state index contributed by atoms with van der Waals surface area (Å²) in [7, 11) is 0. The highest BCUT2D eigenvalue weighted by molar-refractivity contribution is 7.99. The summed E-state index contributed by atoms with van der Waals surface area (Å²) in [4.78, 5) is 28.1. The molecule has 0 saturated carbocycles. The minimum Gasteiger partial charge on any atom is -0.478 e. The van der Waals surface area contributed by atoms with Gasteiger partial charge >= 0.3 is 5.97 Å². The fraction of sp³-hybridized carbons (Fsp3) is 0.267. The second-order valence-electron chi connectivity index (χ2n) is 5.51. The minimum atomic E-state index is -0.973. The Morgan fingerprint density at radius 1 is 1.24 bits per heavy atom. The van der Waals surface area contributed by atoms with E-state index in [-0.39, 0.29) is 16.7 Å². The van der Waals surface area contributed by atoms with Crippen molar-refractivity contribution in [3.63, 3.8) is 0 Å². The van der Waals surface area contributed by atoms with Gasteiger partial charge in [0.2, 0.25) is 0 Å². The Morgan fingerprint density at radius 3 is 2.38 bits per heavy atom. The third-order valence-corrected chi connectivity index (χ3v) is 3.83. The van der Waals surface area contributed by atoms with E-state index in [1.54, 1.807) is 29.1 Å². The van der Waals surface area contributed by atoms with Gasteiger partial charge in [-0.25, -0.2) is 9.78 Å². The second-order valence-corrected chi connectivity index (χ2v) is 6.57. The van der Waals surface area contributed by atoms with Crippen LogP contribution in [0.15, 0.2) is 51.4 Å². The molecule has 0 aliphatic rings. The van der Waals surface area contributed by atoms with Gasteiger partial charge in [-0.05, 0) is 45.0 Å². The minimum absolute atomic E-state index is 0.155. The van der Waals surface area contributed by atoms with Crippen molar-refractivity contribution in [1.29, 1.82) is 0 Å². The summed E-state index contributed by atoms with van der Waals surface area (Å²) < 4.78 is 1.63. The van der Waals surface area contributed by atoms with Gasteiger partial charge in [0.15, 0.2) is 5.03 Å². The highest BCUT2D eigenvalue weighted by atomic mass is 32.2. The van der Waals surface area contributed by atoms with Gasteiger partial charge in [-0.15, -0.1) is 0 Å². The van der Waals surface area contributed by atoms with Crippen molar-refractivity contribution >= 4 is 17.7 Å². The van der Waals surface area contributed by atoms with Crippen LogP contribution in [0, 0.1) is 0 Å². The number of hydrogen-bond acceptors (Lipinski definition) is 4. The van der Waals surface area contributed by atoms with Gasteiger partial charge in [0.05, 0.1) is 5.56 Å². The normalized spacial score (nSPS) is 11.4. The molecule has 21 heavy (non-hydrogen) atoms. The van der Waals surface area contributed by atoms with Crippen molar-refractivity contribution in [2.75, 3.05) is 0 Å². The topological polar surface area (TPSA) is 72.2 Å². The molecule has 0 aliphatic heterocycles.